The van der Waals surface area contributed by atoms with Crippen molar-refractivity contribution in [2.45, 2.75) is 10.6 Å². The molecule has 0 heterocycles. The lowest BCUT2D eigenvalue weighted by Gasteiger charge is -2.06. The van der Waals surface area contributed by atoms with Crippen LogP contribution in [0.2, 0.25) is 0 Å². The van der Waals surface area contributed by atoms with Crippen molar-refractivity contribution >= 4 is 29.4 Å². The van der Waals surface area contributed by atoms with Crippen LogP contribution in [0.25, 0.3) is 0 Å². The lowest BCUT2D eigenvalue weighted by molar-refractivity contribution is -0.118. The van der Waals surface area contributed by atoms with Crippen LogP contribution >= 0.6 is 23.5 Å². The van der Waals surface area contributed by atoms with Crippen molar-refractivity contribution in [2.75, 3.05) is 18.1 Å². The molecular weight excluding hydrogens is 355 g/mol. The second-order valence-electron chi connectivity index (χ2n) is 4.86. The van der Waals surface area contributed by atoms with E-state index in [0.29, 0.717) is 28.5 Å². The monoisotopic (exact) mass is 371 g/mol. The van der Waals surface area contributed by atoms with E-state index >= 15 is 0 Å². The number of thioether (sulfide) groups is 2. The average Bonchev–Trinajstić information content (AvgIpc) is 2.57. The molecule has 0 saturated heterocycles. The Labute approximate surface area is 147 Å². The molecule has 2 nitrogen and oxygen atoms in total. The minimum absolute atomic E-state index is 0.128. The zero-order chi connectivity index (χ0) is 17.4. The first-order valence-electron chi connectivity index (χ1n) is 7.22. The lowest BCUT2D eigenvalue weighted by atomic mass is 10.2. The Hall–Kier alpha value is -1.60. The summed E-state index contributed by atoms with van der Waals surface area (Å²) in [5, 5.41) is 2.74. The zero-order valence-electron chi connectivity index (χ0n) is 12.7. The maximum atomic E-state index is 13.4. The fraction of sp³-hybridized carbons (Fsp3) is 0.235. The molecule has 24 heavy (non-hydrogen) atoms. The molecular formula is C17H16F3NOS2. The van der Waals surface area contributed by atoms with E-state index in [1.807, 2.05) is 0 Å². The summed E-state index contributed by atoms with van der Waals surface area (Å²) in [5.74, 6) is -0.903. The van der Waals surface area contributed by atoms with Gasteiger partial charge in [0, 0.05) is 22.9 Å². The summed E-state index contributed by atoms with van der Waals surface area (Å²) in [6, 6.07) is 10.1. The van der Waals surface area contributed by atoms with E-state index in [0.717, 1.165) is 23.9 Å². The highest BCUT2D eigenvalue weighted by Crippen LogP contribution is 2.20. The molecule has 2 aromatic rings. The predicted octanol–water partition coefficient (Wildman–Crippen LogP) is 4.25. The highest BCUT2D eigenvalue weighted by molar-refractivity contribution is 8.00. The van der Waals surface area contributed by atoms with Crippen molar-refractivity contribution in [1.29, 1.82) is 0 Å². The fourth-order valence-corrected chi connectivity index (χ4v) is 3.42. The Morgan fingerprint density at radius 2 is 1.79 bits per heavy atom. The van der Waals surface area contributed by atoms with Crippen molar-refractivity contribution in [3.8, 4) is 0 Å². The molecule has 2 aromatic carbocycles. The average molecular weight is 371 g/mol. The van der Waals surface area contributed by atoms with Gasteiger partial charge in [-0.2, -0.15) is 11.8 Å². The van der Waals surface area contributed by atoms with Gasteiger partial charge in [0.15, 0.2) is 11.6 Å². The number of hydrogen-bond donors (Lipinski definition) is 1. The normalized spacial score (nSPS) is 10.6. The molecule has 1 N–H and O–H groups in total. The Morgan fingerprint density at radius 1 is 1.00 bits per heavy atom. The first-order chi connectivity index (χ1) is 11.6. The molecule has 0 aliphatic rings. The topological polar surface area (TPSA) is 29.1 Å². The van der Waals surface area contributed by atoms with Crippen LogP contribution < -0.4 is 5.32 Å². The molecule has 0 atom stereocenters. The van der Waals surface area contributed by atoms with Gasteiger partial charge in [0.25, 0.3) is 0 Å². The van der Waals surface area contributed by atoms with E-state index in [9.17, 15) is 18.0 Å². The molecule has 2 rings (SSSR count). The number of hydrogen-bond acceptors (Lipinski definition) is 3. The number of rotatable bonds is 8. The molecule has 0 radical (unpaired) electrons. The molecule has 0 unspecified atom stereocenters. The van der Waals surface area contributed by atoms with Crippen LogP contribution in [0.1, 0.15) is 5.56 Å². The van der Waals surface area contributed by atoms with E-state index in [1.54, 1.807) is 18.2 Å². The highest BCUT2D eigenvalue weighted by atomic mass is 32.2. The van der Waals surface area contributed by atoms with Crippen molar-refractivity contribution in [2.24, 2.45) is 0 Å². The maximum Gasteiger partial charge on any atom is 0.230 e. The maximum absolute atomic E-state index is 13.4. The van der Waals surface area contributed by atoms with Gasteiger partial charge in [-0.3, -0.25) is 4.79 Å². The number of carbonyl (C=O) groups is 1. The number of carbonyl (C=O) groups excluding carboxylic acids is 1. The third-order valence-electron chi connectivity index (χ3n) is 3.04. The molecule has 0 fully saturated rings. The minimum Gasteiger partial charge on any atom is -0.355 e. The molecule has 128 valence electrons. The van der Waals surface area contributed by atoms with Gasteiger partial charge in [0.05, 0.1) is 5.75 Å². The molecule has 1 amide bonds. The SMILES string of the molecule is O=C(CSc1ccc(F)c(F)c1)NCCSCc1ccccc1F. The van der Waals surface area contributed by atoms with Gasteiger partial charge >= 0.3 is 0 Å². The standard InChI is InChI=1S/C17H16F3NOS2/c18-14-4-2-1-3-12(14)10-23-8-7-21-17(22)11-24-13-5-6-15(19)16(20)9-13/h1-6,9H,7-8,10-11H2,(H,21,22). The fourth-order valence-electron chi connectivity index (χ4n) is 1.83. The van der Waals surface area contributed by atoms with Crippen LogP contribution in [0.4, 0.5) is 13.2 Å². The number of halogens is 3. The van der Waals surface area contributed by atoms with Crippen LogP contribution in [-0.4, -0.2) is 24.0 Å². The van der Waals surface area contributed by atoms with Gasteiger partial charge < -0.3 is 5.32 Å². The van der Waals surface area contributed by atoms with E-state index in [2.05, 4.69) is 5.32 Å². The van der Waals surface area contributed by atoms with Crippen LogP contribution in [0.3, 0.4) is 0 Å². The van der Waals surface area contributed by atoms with Crippen molar-refractivity contribution in [3.63, 3.8) is 0 Å². The Kier molecular flexibility index (Phi) is 7.52. The second kappa shape index (κ2) is 9.64. The van der Waals surface area contributed by atoms with Gasteiger partial charge in [0.2, 0.25) is 5.91 Å². The Balaban J connectivity index is 1.61. The summed E-state index contributed by atoms with van der Waals surface area (Å²) in [4.78, 5) is 12.2. The molecule has 0 saturated carbocycles. The van der Waals surface area contributed by atoms with Crippen molar-refractivity contribution in [3.05, 3.63) is 65.5 Å². The number of nitrogens with one attached hydrogen (secondary N) is 1. The van der Waals surface area contributed by atoms with Crippen LogP contribution in [0.5, 0.6) is 0 Å². The van der Waals surface area contributed by atoms with Gasteiger partial charge in [-0.1, -0.05) is 18.2 Å². The summed E-state index contributed by atoms with van der Waals surface area (Å²) in [6.07, 6.45) is 0. The third kappa shape index (κ3) is 6.13. The first kappa shape index (κ1) is 18.7. The summed E-state index contributed by atoms with van der Waals surface area (Å²) in [5.41, 5.74) is 0.641. The van der Waals surface area contributed by atoms with Crippen LogP contribution in [0, 0.1) is 17.5 Å². The highest BCUT2D eigenvalue weighted by Gasteiger charge is 2.06. The van der Waals surface area contributed by atoms with Gasteiger partial charge in [-0.05, 0) is 29.8 Å². The molecule has 0 aliphatic heterocycles. The first-order valence-corrected chi connectivity index (χ1v) is 9.36. The lowest BCUT2D eigenvalue weighted by Crippen LogP contribution is -2.27. The largest absolute Gasteiger partial charge is 0.355 e. The molecule has 0 bridgehead atoms. The molecule has 0 aromatic heterocycles. The third-order valence-corrected chi connectivity index (χ3v) is 5.05. The van der Waals surface area contributed by atoms with Crippen LogP contribution in [0.15, 0.2) is 47.4 Å². The zero-order valence-corrected chi connectivity index (χ0v) is 14.4. The molecule has 7 heteroatoms. The summed E-state index contributed by atoms with van der Waals surface area (Å²) in [7, 11) is 0. The summed E-state index contributed by atoms with van der Waals surface area (Å²) in [6.45, 7) is 0.469. The Morgan fingerprint density at radius 3 is 2.54 bits per heavy atom. The summed E-state index contributed by atoms with van der Waals surface area (Å²) < 4.78 is 39.2. The van der Waals surface area contributed by atoms with E-state index in [-0.39, 0.29) is 17.5 Å². The summed E-state index contributed by atoms with van der Waals surface area (Å²) >= 11 is 2.67. The number of amides is 1. The van der Waals surface area contributed by atoms with Crippen LogP contribution in [-0.2, 0) is 10.5 Å². The quantitative estimate of drug-likeness (QED) is 0.556. The van der Waals surface area contributed by atoms with Gasteiger partial charge in [-0.15, -0.1) is 11.8 Å². The van der Waals surface area contributed by atoms with E-state index in [1.165, 1.54) is 23.9 Å². The minimum atomic E-state index is -0.926. The van der Waals surface area contributed by atoms with Gasteiger partial charge in [0.1, 0.15) is 5.82 Å². The predicted molar refractivity (Wildman–Crippen MR) is 92.7 cm³/mol. The Bertz CT molecular complexity index is 697. The molecule has 0 spiro atoms. The van der Waals surface area contributed by atoms with E-state index in [4.69, 9.17) is 0 Å². The van der Waals surface area contributed by atoms with Gasteiger partial charge in [-0.25, -0.2) is 13.2 Å². The smallest absolute Gasteiger partial charge is 0.230 e. The molecule has 0 aliphatic carbocycles. The second-order valence-corrected chi connectivity index (χ2v) is 7.01. The van der Waals surface area contributed by atoms with E-state index < -0.39 is 11.6 Å². The number of benzene rings is 2. The van der Waals surface area contributed by atoms with Crippen molar-refractivity contribution < 1.29 is 18.0 Å². The van der Waals surface area contributed by atoms with Crippen molar-refractivity contribution in [1.82, 2.24) is 5.32 Å².